The average molecular weight is 389 g/mol. The second kappa shape index (κ2) is 8.94. The molecule has 0 spiro atoms. The Bertz CT molecular complexity index is 867. The van der Waals surface area contributed by atoms with Gasteiger partial charge in [0.15, 0.2) is 5.13 Å². The fourth-order valence-electron chi connectivity index (χ4n) is 2.01. The van der Waals surface area contributed by atoms with E-state index in [2.05, 4.69) is 37.7 Å². The van der Waals surface area contributed by atoms with Gasteiger partial charge in [-0.2, -0.15) is 10.1 Å². The highest BCUT2D eigenvalue weighted by atomic mass is 32.2. The minimum absolute atomic E-state index is 0.561. The van der Waals surface area contributed by atoms with Crippen molar-refractivity contribution in [2.24, 2.45) is 5.73 Å². The fraction of sp³-hybridized carbons (Fsp3) is 0.188. The summed E-state index contributed by atoms with van der Waals surface area (Å²) >= 11 is 4.74. The standard InChI is InChI=1S/C16H16N6S3/c17-2-1-3-25-22-21-16-20-14(10-24-16)13-5-15(23-9-13)12-4-11(6-18)7-19-8-12/h4-5,7-10,22H,1-3,17H2,(H,20,21). The van der Waals surface area contributed by atoms with Gasteiger partial charge in [-0.3, -0.25) is 10.4 Å². The highest BCUT2D eigenvalue weighted by Crippen LogP contribution is 2.33. The van der Waals surface area contributed by atoms with Gasteiger partial charge in [0.2, 0.25) is 0 Å². The Morgan fingerprint density at radius 1 is 1.20 bits per heavy atom. The van der Waals surface area contributed by atoms with Gasteiger partial charge in [-0.15, -0.1) is 22.7 Å². The summed E-state index contributed by atoms with van der Waals surface area (Å²) in [7, 11) is 0. The number of nitrogens with one attached hydrogen (secondary N) is 2. The number of aromatic nitrogens is 2. The maximum Gasteiger partial charge on any atom is 0.198 e. The number of nitrogens with zero attached hydrogens (tertiary/aromatic N) is 3. The van der Waals surface area contributed by atoms with Gasteiger partial charge in [0.05, 0.1) is 11.3 Å². The largest absolute Gasteiger partial charge is 0.330 e. The summed E-state index contributed by atoms with van der Waals surface area (Å²) in [6.07, 6.45) is 4.31. The highest BCUT2D eigenvalue weighted by molar-refractivity contribution is 7.97. The van der Waals surface area contributed by atoms with E-state index in [0.29, 0.717) is 12.1 Å². The van der Waals surface area contributed by atoms with Crippen molar-refractivity contribution in [1.82, 2.24) is 14.8 Å². The zero-order chi connectivity index (χ0) is 17.5. The van der Waals surface area contributed by atoms with Gasteiger partial charge in [0, 0.05) is 44.9 Å². The van der Waals surface area contributed by atoms with Crippen molar-refractivity contribution in [3.8, 4) is 27.8 Å². The Balaban J connectivity index is 1.65. The third-order valence-electron chi connectivity index (χ3n) is 3.23. The smallest absolute Gasteiger partial charge is 0.198 e. The Hall–Kier alpha value is -1.96. The molecule has 0 unspecified atom stereocenters. The van der Waals surface area contributed by atoms with Gasteiger partial charge >= 0.3 is 0 Å². The van der Waals surface area contributed by atoms with Gasteiger partial charge in [-0.1, -0.05) is 11.9 Å². The van der Waals surface area contributed by atoms with Gasteiger partial charge in [-0.25, -0.2) is 4.98 Å². The molecule has 0 aliphatic carbocycles. The third kappa shape index (κ3) is 4.78. The molecule has 0 saturated carbocycles. The predicted octanol–water partition coefficient (Wildman–Crippen LogP) is 3.72. The molecule has 0 amide bonds. The van der Waals surface area contributed by atoms with Gasteiger partial charge in [0.25, 0.3) is 0 Å². The SMILES string of the molecule is N#Cc1cncc(-c2cc(-c3csc(NNSCCCN)n3)cs2)c1. The molecule has 3 aromatic rings. The minimum Gasteiger partial charge on any atom is -0.330 e. The summed E-state index contributed by atoms with van der Waals surface area (Å²) in [6, 6.07) is 6.04. The summed E-state index contributed by atoms with van der Waals surface area (Å²) in [4.78, 5) is 12.8. The lowest BCUT2D eigenvalue weighted by Crippen LogP contribution is -2.14. The molecule has 0 saturated heterocycles. The molecule has 25 heavy (non-hydrogen) atoms. The van der Waals surface area contributed by atoms with E-state index in [1.165, 1.54) is 0 Å². The van der Waals surface area contributed by atoms with Gasteiger partial charge < -0.3 is 5.73 Å². The molecule has 6 nitrogen and oxygen atoms in total. The number of nitrogens with two attached hydrogens (primary N) is 1. The second-order valence-electron chi connectivity index (χ2n) is 5.03. The van der Waals surface area contributed by atoms with Crippen LogP contribution in [0.3, 0.4) is 0 Å². The summed E-state index contributed by atoms with van der Waals surface area (Å²) in [5, 5.41) is 13.9. The quantitative estimate of drug-likeness (QED) is 0.307. The number of thiazole rings is 1. The number of pyridine rings is 1. The van der Waals surface area contributed by atoms with E-state index < -0.39 is 0 Å². The zero-order valence-corrected chi connectivity index (χ0v) is 15.7. The molecular formula is C16H16N6S3. The normalized spacial score (nSPS) is 10.6. The molecule has 0 bridgehead atoms. The summed E-state index contributed by atoms with van der Waals surface area (Å²) in [5.41, 5.74) is 12.0. The van der Waals surface area contributed by atoms with Crippen LogP contribution in [0.1, 0.15) is 12.0 Å². The molecule has 3 heterocycles. The average Bonchev–Trinajstić information content (AvgIpc) is 3.31. The summed E-state index contributed by atoms with van der Waals surface area (Å²) < 4.78 is 0. The van der Waals surface area contributed by atoms with Crippen LogP contribution in [-0.4, -0.2) is 22.3 Å². The first-order valence-electron chi connectivity index (χ1n) is 7.53. The second-order valence-corrected chi connectivity index (χ2v) is 7.70. The molecular weight excluding hydrogens is 372 g/mol. The molecule has 0 atom stereocenters. The van der Waals surface area contributed by atoms with Crippen LogP contribution < -0.4 is 16.0 Å². The molecule has 0 aliphatic heterocycles. The maximum absolute atomic E-state index is 9.00. The number of hydrogen-bond acceptors (Lipinski definition) is 9. The number of rotatable bonds is 8. The van der Waals surface area contributed by atoms with Crippen LogP contribution >= 0.6 is 34.6 Å². The molecule has 0 aromatic carbocycles. The Morgan fingerprint density at radius 3 is 2.96 bits per heavy atom. The third-order valence-corrected chi connectivity index (χ3v) is 5.71. The van der Waals surface area contributed by atoms with E-state index >= 15 is 0 Å². The topological polar surface area (TPSA) is 99.7 Å². The van der Waals surface area contributed by atoms with Crippen LogP contribution in [0.15, 0.2) is 35.3 Å². The van der Waals surface area contributed by atoms with Crippen molar-refractivity contribution >= 4 is 39.8 Å². The van der Waals surface area contributed by atoms with E-state index in [0.717, 1.165) is 39.0 Å². The van der Waals surface area contributed by atoms with Crippen molar-refractivity contribution in [3.63, 3.8) is 0 Å². The minimum atomic E-state index is 0.561. The molecule has 9 heteroatoms. The first-order chi connectivity index (χ1) is 12.3. The predicted molar refractivity (Wildman–Crippen MR) is 106 cm³/mol. The van der Waals surface area contributed by atoms with E-state index in [9.17, 15) is 0 Å². The van der Waals surface area contributed by atoms with Crippen LogP contribution in [0.4, 0.5) is 5.13 Å². The van der Waals surface area contributed by atoms with Crippen LogP contribution in [0.5, 0.6) is 0 Å². The Kier molecular flexibility index (Phi) is 6.38. The number of thiophene rings is 1. The number of hydrazine groups is 1. The molecule has 128 valence electrons. The van der Waals surface area contributed by atoms with Crippen molar-refractivity contribution in [2.75, 3.05) is 17.7 Å². The molecule has 0 aliphatic rings. The van der Waals surface area contributed by atoms with Crippen molar-refractivity contribution < 1.29 is 0 Å². The number of anilines is 1. The monoisotopic (exact) mass is 388 g/mol. The van der Waals surface area contributed by atoms with Gasteiger partial charge in [-0.05, 0) is 25.1 Å². The zero-order valence-electron chi connectivity index (χ0n) is 13.2. The van der Waals surface area contributed by atoms with Crippen molar-refractivity contribution in [3.05, 3.63) is 40.8 Å². The number of nitriles is 1. The lowest BCUT2D eigenvalue weighted by atomic mass is 10.1. The lowest BCUT2D eigenvalue weighted by Gasteiger charge is -2.02. The van der Waals surface area contributed by atoms with Crippen molar-refractivity contribution in [2.45, 2.75) is 6.42 Å². The van der Waals surface area contributed by atoms with E-state index in [1.807, 2.05) is 11.4 Å². The van der Waals surface area contributed by atoms with Crippen LogP contribution in [-0.2, 0) is 0 Å². The first kappa shape index (κ1) is 17.8. The first-order valence-corrected chi connectivity index (χ1v) is 10.3. The Morgan fingerprint density at radius 2 is 2.12 bits per heavy atom. The summed E-state index contributed by atoms with van der Waals surface area (Å²) in [5.74, 6) is 0.950. The highest BCUT2D eigenvalue weighted by Gasteiger charge is 2.09. The lowest BCUT2D eigenvalue weighted by molar-refractivity contribution is 0.940. The molecule has 0 fully saturated rings. The van der Waals surface area contributed by atoms with E-state index in [-0.39, 0.29) is 0 Å². The van der Waals surface area contributed by atoms with Crippen molar-refractivity contribution in [1.29, 1.82) is 5.26 Å². The van der Waals surface area contributed by atoms with E-state index in [1.54, 1.807) is 47.0 Å². The Labute approximate surface area is 158 Å². The van der Waals surface area contributed by atoms with Crippen LogP contribution in [0.2, 0.25) is 0 Å². The summed E-state index contributed by atoms with van der Waals surface area (Å²) in [6.45, 7) is 0.698. The maximum atomic E-state index is 9.00. The number of hydrogen-bond donors (Lipinski definition) is 3. The van der Waals surface area contributed by atoms with Gasteiger partial charge in [0.1, 0.15) is 6.07 Å². The molecule has 4 N–H and O–H groups in total. The van der Waals surface area contributed by atoms with E-state index in [4.69, 9.17) is 11.0 Å². The molecule has 3 rings (SSSR count). The fourth-order valence-corrected chi connectivity index (χ4v) is 4.21. The molecule has 3 aromatic heterocycles. The molecule has 0 radical (unpaired) electrons. The van der Waals surface area contributed by atoms with Crippen LogP contribution in [0, 0.1) is 11.3 Å². The van der Waals surface area contributed by atoms with Crippen LogP contribution in [0.25, 0.3) is 21.7 Å².